The number of nitrogens with two attached hydrogens (primary N) is 1. The fraction of sp³-hybridized carbons (Fsp3) is 0.917. The molecule has 16 heavy (non-hydrogen) atoms. The molecule has 0 saturated carbocycles. The minimum atomic E-state index is -0.535. The fourth-order valence-electron chi connectivity index (χ4n) is 1.69. The summed E-state index contributed by atoms with van der Waals surface area (Å²) in [4.78, 5) is 14.0. The third-order valence-electron chi connectivity index (χ3n) is 3.14. The highest BCUT2D eigenvalue weighted by atomic mass is 16.5. The lowest BCUT2D eigenvalue weighted by Crippen LogP contribution is -2.46. The maximum atomic E-state index is 11.8. The van der Waals surface area contributed by atoms with Crippen LogP contribution < -0.4 is 5.73 Å². The van der Waals surface area contributed by atoms with Crippen LogP contribution >= 0.6 is 0 Å². The Balaban J connectivity index is 2.40. The van der Waals surface area contributed by atoms with Crippen molar-refractivity contribution in [1.29, 1.82) is 0 Å². The summed E-state index contributed by atoms with van der Waals surface area (Å²) in [6.07, 6.45) is 1.88. The molecule has 0 aromatic heterocycles. The Morgan fingerprint density at radius 2 is 1.88 bits per heavy atom. The zero-order valence-electron chi connectivity index (χ0n) is 10.8. The number of hydrogen-bond donors (Lipinski definition) is 1. The summed E-state index contributed by atoms with van der Waals surface area (Å²) in [5.74, 6) is -0.262. The predicted molar refractivity (Wildman–Crippen MR) is 64.0 cm³/mol. The van der Waals surface area contributed by atoms with Crippen LogP contribution in [0.25, 0.3) is 0 Å². The van der Waals surface area contributed by atoms with E-state index in [9.17, 15) is 4.79 Å². The topological polar surface area (TPSA) is 55.6 Å². The molecular formula is C12H24N2O2. The Labute approximate surface area is 98.1 Å². The summed E-state index contributed by atoms with van der Waals surface area (Å²) >= 11 is 0. The number of likely N-dealkylation sites (tertiary alicyclic amines) is 1. The lowest BCUT2D eigenvalue weighted by molar-refractivity contribution is -0.155. The smallest absolute Gasteiger partial charge is 0.323 e. The van der Waals surface area contributed by atoms with E-state index in [4.69, 9.17) is 10.5 Å². The van der Waals surface area contributed by atoms with Crippen molar-refractivity contribution in [2.45, 2.75) is 45.8 Å². The molecule has 1 aliphatic rings. The van der Waals surface area contributed by atoms with Crippen molar-refractivity contribution in [2.24, 2.45) is 11.1 Å². The molecule has 1 heterocycles. The Morgan fingerprint density at radius 1 is 1.38 bits per heavy atom. The van der Waals surface area contributed by atoms with E-state index in [0.29, 0.717) is 0 Å². The van der Waals surface area contributed by atoms with E-state index in [0.717, 1.165) is 25.9 Å². The van der Waals surface area contributed by atoms with Gasteiger partial charge in [-0.25, -0.2) is 0 Å². The van der Waals surface area contributed by atoms with Gasteiger partial charge in [-0.3, -0.25) is 4.79 Å². The Kier molecular flexibility index (Phi) is 4.33. The van der Waals surface area contributed by atoms with Crippen molar-refractivity contribution in [3.05, 3.63) is 0 Å². The van der Waals surface area contributed by atoms with Crippen LogP contribution in [-0.4, -0.2) is 43.2 Å². The van der Waals surface area contributed by atoms with Gasteiger partial charge in [0, 0.05) is 13.1 Å². The van der Waals surface area contributed by atoms with Gasteiger partial charge in [-0.1, -0.05) is 20.8 Å². The van der Waals surface area contributed by atoms with E-state index in [1.165, 1.54) is 0 Å². The summed E-state index contributed by atoms with van der Waals surface area (Å²) in [7, 11) is 2.08. The number of ether oxygens (including phenoxy) is 1. The number of nitrogens with zero attached hydrogens (tertiary/aromatic N) is 1. The molecule has 1 fully saturated rings. The molecule has 0 aromatic carbocycles. The molecule has 1 saturated heterocycles. The lowest BCUT2D eigenvalue weighted by atomic mass is 9.87. The molecule has 0 aromatic rings. The van der Waals surface area contributed by atoms with Crippen molar-refractivity contribution in [2.75, 3.05) is 20.1 Å². The molecule has 2 N–H and O–H groups in total. The highest BCUT2D eigenvalue weighted by molar-refractivity contribution is 5.76. The summed E-state index contributed by atoms with van der Waals surface area (Å²) in [5.41, 5.74) is 5.62. The van der Waals surface area contributed by atoms with E-state index >= 15 is 0 Å². The number of carbonyl (C=O) groups excluding carboxylic acids is 1. The van der Waals surface area contributed by atoms with Crippen LogP contribution in [0.15, 0.2) is 0 Å². The Hall–Kier alpha value is -0.610. The van der Waals surface area contributed by atoms with Gasteiger partial charge in [0.1, 0.15) is 12.1 Å². The fourth-order valence-corrected chi connectivity index (χ4v) is 1.69. The molecule has 1 aliphatic heterocycles. The molecule has 0 aliphatic carbocycles. The van der Waals surface area contributed by atoms with Gasteiger partial charge >= 0.3 is 5.97 Å². The van der Waals surface area contributed by atoms with Crippen LogP contribution in [-0.2, 0) is 9.53 Å². The highest BCUT2D eigenvalue weighted by Crippen LogP contribution is 2.20. The maximum absolute atomic E-state index is 11.8. The van der Waals surface area contributed by atoms with Gasteiger partial charge in [0.15, 0.2) is 0 Å². The van der Waals surface area contributed by atoms with E-state index in [1.807, 2.05) is 20.8 Å². The quantitative estimate of drug-likeness (QED) is 0.716. The standard InChI is InChI=1S/C12H24N2O2/c1-12(2,3)10(13)11(15)16-9-5-7-14(4)8-6-9/h9-10H,5-8,13H2,1-4H3/t10-/m1/s1. The molecule has 4 nitrogen and oxygen atoms in total. The first-order valence-corrected chi connectivity index (χ1v) is 5.95. The van der Waals surface area contributed by atoms with Gasteiger partial charge in [0.2, 0.25) is 0 Å². The van der Waals surface area contributed by atoms with Gasteiger partial charge in [0.25, 0.3) is 0 Å². The van der Waals surface area contributed by atoms with Crippen molar-refractivity contribution < 1.29 is 9.53 Å². The van der Waals surface area contributed by atoms with Crippen molar-refractivity contribution in [1.82, 2.24) is 4.90 Å². The Bertz CT molecular complexity index is 240. The van der Waals surface area contributed by atoms with Crippen LogP contribution in [0.1, 0.15) is 33.6 Å². The average molecular weight is 228 g/mol. The first-order chi connectivity index (χ1) is 7.30. The third-order valence-corrected chi connectivity index (χ3v) is 3.14. The summed E-state index contributed by atoms with van der Waals surface area (Å²) in [6, 6.07) is -0.535. The van der Waals surface area contributed by atoms with Gasteiger partial charge < -0.3 is 15.4 Å². The average Bonchev–Trinajstić information content (AvgIpc) is 2.19. The van der Waals surface area contributed by atoms with Crippen LogP contribution in [0.2, 0.25) is 0 Å². The van der Waals surface area contributed by atoms with Gasteiger partial charge in [-0.15, -0.1) is 0 Å². The monoisotopic (exact) mass is 228 g/mol. The largest absolute Gasteiger partial charge is 0.461 e. The number of carbonyl (C=O) groups is 1. The number of esters is 1. The first-order valence-electron chi connectivity index (χ1n) is 5.95. The highest BCUT2D eigenvalue weighted by Gasteiger charge is 2.31. The third kappa shape index (κ3) is 3.76. The molecular weight excluding hydrogens is 204 g/mol. The number of hydrogen-bond acceptors (Lipinski definition) is 4. The zero-order valence-corrected chi connectivity index (χ0v) is 10.8. The second-order valence-electron chi connectivity index (χ2n) is 5.78. The van der Waals surface area contributed by atoms with Crippen molar-refractivity contribution in [3.63, 3.8) is 0 Å². The first kappa shape index (κ1) is 13.5. The molecule has 1 atom stereocenters. The van der Waals surface area contributed by atoms with Crippen LogP contribution in [0.5, 0.6) is 0 Å². The predicted octanol–water partition coefficient (Wildman–Crippen LogP) is 0.997. The van der Waals surface area contributed by atoms with Crippen molar-refractivity contribution >= 4 is 5.97 Å². The second-order valence-corrected chi connectivity index (χ2v) is 5.78. The number of piperidine rings is 1. The minimum absolute atomic E-state index is 0.0529. The van der Waals surface area contributed by atoms with E-state index < -0.39 is 6.04 Å². The molecule has 1 rings (SSSR count). The summed E-state index contributed by atoms with van der Waals surface area (Å²) in [5, 5.41) is 0. The molecule has 0 radical (unpaired) electrons. The maximum Gasteiger partial charge on any atom is 0.323 e. The summed E-state index contributed by atoms with van der Waals surface area (Å²) < 4.78 is 5.44. The van der Waals surface area contributed by atoms with Gasteiger partial charge in [-0.2, -0.15) is 0 Å². The van der Waals surface area contributed by atoms with E-state index in [1.54, 1.807) is 0 Å². The summed E-state index contributed by atoms with van der Waals surface area (Å²) in [6.45, 7) is 7.83. The number of rotatable bonds is 2. The molecule has 0 unspecified atom stereocenters. The van der Waals surface area contributed by atoms with Crippen LogP contribution in [0.4, 0.5) is 0 Å². The Morgan fingerprint density at radius 3 is 2.31 bits per heavy atom. The zero-order chi connectivity index (χ0) is 12.3. The van der Waals surface area contributed by atoms with Crippen molar-refractivity contribution in [3.8, 4) is 0 Å². The minimum Gasteiger partial charge on any atom is -0.461 e. The van der Waals surface area contributed by atoms with E-state index in [2.05, 4.69) is 11.9 Å². The molecule has 0 bridgehead atoms. The van der Waals surface area contributed by atoms with E-state index in [-0.39, 0.29) is 17.5 Å². The normalized spacial score (nSPS) is 21.8. The lowest BCUT2D eigenvalue weighted by Gasteiger charge is -2.31. The molecule has 4 heteroatoms. The van der Waals surface area contributed by atoms with Crippen LogP contribution in [0, 0.1) is 5.41 Å². The molecule has 0 amide bonds. The molecule has 94 valence electrons. The van der Waals surface area contributed by atoms with Gasteiger partial charge in [0.05, 0.1) is 0 Å². The second kappa shape index (κ2) is 5.15. The molecule has 0 spiro atoms. The SMILES string of the molecule is CN1CCC(OC(=O)[C@@H](N)C(C)(C)C)CC1. The van der Waals surface area contributed by atoms with Gasteiger partial charge in [-0.05, 0) is 25.3 Å². The van der Waals surface area contributed by atoms with Crippen LogP contribution in [0.3, 0.4) is 0 Å².